The number of piperidine rings is 1. The van der Waals surface area contributed by atoms with Crippen LogP contribution in [0.25, 0.3) is 0 Å². The average Bonchev–Trinajstić information content (AvgIpc) is 2.96. The van der Waals surface area contributed by atoms with Crippen molar-refractivity contribution >= 4 is 17.2 Å². The van der Waals surface area contributed by atoms with Crippen molar-refractivity contribution in [3.05, 3.63) is 16.1 Å². The van der Waals surface area contributed by atoms with E-state index in [4.69, 9.17) is 0 Å². The molecule has 3 rings (SSSR count). The summed E-state index contributed by atoms with van der Waals surface area (Å²) in [5.74, 6) is 0.790. The molecule has 2 saturated heterocycles. The Morgan fingerprint density at radius 2 is 2.20 bits per heavy atom. The first kappa shape index (κ1) is 14.0. The molecule has 2 bridgehead atoms. The lowest BCUT2D eigenvalue weighted by molar-refractivity contribution is -0.122. The van der Waals surface area contributed by atoms with Gasteiger partial charge in [-0.15, -0.1) is 11.3 Å². The highest BCUT2D eigenvalue weighted by molar-refractivity contribution is 7.09. The lowest BCUT2D eigenvalue weighted by Crippen LogP contribution is -2.39. The molecule has 1 aromatic rings. The minimum atomic E-state index is 0.211. The maximum absolute atomic E-state index is 12.0. The van der Waals surface area contributed by atoms with Crippen molar-refractivity contribution in [2.45, 2.75) is 57.5 Å². The fraction of sp³-hybridized carbons (Fsp3) is 0.733. The fourth-order valence-corrected chi connectivity index (χ4v) is 4.18. The molecule has 2 aliphatic rings. The average molecular weight is 293 g/mol. The third-order valence-corrected chi connectivity index (χ3v) is 5.24. The van der Waals surface area contributed by atoms with Crippen LogP contribution in [0.4, 0.5) is 0 Å². The predicted molar refractivity (Wildman–Crippen MR) is 80.9 cm³/mol. The summed E-state index contributed by atoms with van der Waals surface area (Å²) in [7, 11) is 0. The Morgan fingerprint density at radius 3 is 2.85 bits per heavy atom. The van der Waals surface area contributed by atoms with E-state index in [2.05, 4.69) is 21.0 Å². The van der Waals surface area contributed by atoms with Crippen LogP contribution >= 0.6 is 11.3 Å². The van der Waals surface area contributed by atoms with Crippen molar-refractivity contribution < 1.29 is 4.79 Å². The summed E-state index contributed by atoms with van der Waals surface area (Å²) < 4.78 is 0. The molecule has 0 aromatic carbocycles. The molecule has 2 fully saturated rings. The van der Waals surface area contributed by atoms with Gasteiger partial charge >= 0.3 is 0 Å². The number of carbonyl (C=O) groups is 1. The third kappa shape index (κ3) is 3.58. The number of nitrogens with one attached hydrogen (secondary N) is 2. The number of thiazole rings is 1. The van der Waals surface area contributed by atoms with Crippen molar-refractivity contribution in [3.8, 4) is 0 Å². The van der Waals surface area contributed by atoms with Gasteiger partial charge in [0.05, 0.1) is 10.7 Å². The van der Waals surface area contributed by atoms with Gasteiger partial charge in [0.15, 0.2) is 0 Å². The van der Waals surface area contributed by atoms with Crippen LogP contribution in [-0.2, 0) is 11.2 Å². The maximum Gasteiger partial charge on any atom is 0.220 e. The van der Waals surface area contributed by atoms with Crippen LogP contribution < -0.4 is 10.6 Å². The molecular weight excluding hydrogens is 270 g/mol. The topological polar surface area (TPSA) is 54.0 Å². The van der Waals surface area contributed by atoms with Gasteiger partial charge in [-0.05, 0) is 38.5 Å². The number of hydrogen-bond donors (Lipinski definition) is 2. The number of carbonyl (C=O) groups excluding carboxylic acids is 1. The molecule has 3 heterocycles. The van der Waals surface area contributed by atoms with E-state index in [-0.39, 0.29) is 5.91 Å². The number of amides is 1. The van der Waals surface area contributed by atoms with Crippen LogP contribution in [0.1, 0.15) is 42.8 Å². The monoisotopic (exact) mass is 293 g/mol. The minimum absolute atomic E-state index is 0.211. The van der Waals surface area contributed by atoms with Crippen molar-refractivity contribution in [1.82, 2.24) is 15.6 Å². The zero-order valence-electron chi connectivity index (χ0n) is 12.0. The van der Waals surface area contributed by atoms with Crippen LogP contribution in [0.15, 0.2) is 5.38 Å². The molecule has 1 amide bonds. The van der Waals surface area contributed by atoms with Gasteiger partial charge in [0.2, 0.25) is 5.91 Å². The highest BCUT2D eigenvalue weighted by Gasteiger charge is 2.33. The van der Waals surface area contributed by atoms with E-state index in [1.165, 1.54) is 25.7 Å². The summed E-state index contributed by atoms with van der Waals surface area (Å²) in [6.07, 6.45) is 6.49. The molecule has 20 heavy (non-hydrogen) atoms. The van der Waals surface area contributed by atoms with Gasteiger partial charge in [0.25, 0.3) is 0 Å². The van der Waals surface area contributed by atoms with Crippen LogP contribution in [0, 0.1) is 12.8 Å². The first-order valence-electron chi connectivity index (χ1n) is 7.63. The smallest absolute Gasteiger partial charge is 0.220 e. The summed E-state index contributed by atoms with van der Waals surface area (Å²) in [6, 6.07) is 1.34. The first-order chi connectivity index (χ1) is 9.69. The van der Waals surface area contributed by atoms with E-state index in [0.717, 1.165) is 17.1 Å². The molecule has 1 aromatic heterocycles. The van der Waals surface area contributed by atoms with Gasteiger partial charge in [-0.1, -0.05) is 0 Å². The van der Waals surface area contributed by atoms with E-state index in [1.807, 2.05) is 6.92 Å². The van der Waals surface area contributed by atoms with E-state index in [9.17, 15) is 4.79 Å². The number of rotatable bonds is 5. The second-order valence-electron chi connectivity index (χ2n) is 6.14. The van der Waals surface area contributed by atoms with E-state index < -0.39 is 0 Å². The Morgan fingerprint density at radius 1 is 1.45 bits per heavy atom. The van der Waals surface area contributed by atoms with Crippen LogP contribution in [0.2, 0.25) is 0 Å². The van der Waals surface area contributed by atoms with Gasteiger partial charge in [-0.2, -0.15) is 0 Å². The molecule has 0 saturated carbocycles. The van der Waals surface area contributed by atoms with E-state index in [0.29, 0.717) is 31.0 Å². The normalized spacial score (nSPS) is 28.6. The van der Waals surface area contributed by atoms with Crippen molar-refractivity contribution in [3.63, 3.8) is 0 Å². The molecule has 4 nitrogen and oxygen atoms in total. The largest absolute Gasteiger partial charge is 0.356 e. The SMILES string of the molecule is Cc1nc(CCNC(=O)CC2CC3CCC(C2)N3)cs1. The molecule has 2 unspecified atom stereocenters. The van der Waals surface area contributed by atoms with E-state index in [1.54, 1.807) is 11.3 Å². The summed E-state index contributed by atoms with van der Waals surface area (Å²) >= 11 is 1.67. The molecule has 0 spiro atoms. The highest BCUT2D eigenvalue weighted by atomic mass is 32.1. The van der Waals surface area contributed by atoms with Crippen LogP contribution in [0.3, 0.4) is 0 Å². The molecule has 0 aliphatic carbocycles. The Hall–Kier alpha value is -0.940. The van der Waals surface area contributed by atoms with Crippen LogP contribution in [0.5, 0.6) is 0 Å². The number of aryl methyl sites for hydroxylation is 1. The number of aromatic nitrogens is 1. The zero-order chi connectivity index (χ0) is 13.9. The van der Waals surface area contributed by atoms with Crippen molar-refractivity contribution in [2.24, 2.45) is 5.92 Å². The molecular formula is C15H23N3OS. The van der Waals surface area contributed by atoms with Crippen molar-refractivity contribution in [1.29, 1.82) is 0 Å². The first-order valence-corrected chi connectivity index (χ1v) is 8.51. The molecule has 2 N–H and O–H groups in total. The summed E-state index contributed by atoms with van der Waals surface area (Å²) in [5, 5.41) is 9.83. The molecule has 2 aliphatic heterocycles. The number of hydrogen-bond acceptors (Lipinski definition) is 4. The minimum Gasteiger partial charge on any atom is -0.356 e. The molecule has 5 heteroatoms. The quantitative estimate of drug-likeness (QED) is 0.873. The van der Waals surface area contributed by atoms with Crippen LogP contribution in [-0.4, -0.2) is 29.5 Å². The van der Waals surface area contributed by atoms with Gasteiger partial charge in [0.1, 0.15) is 0 Å². The summed E-state index contributed by atoms with van der Waals surface area (Å²) in [6.45, 7) is 2.72. The van der Waals surface area contributed by atoms with Crippen molar-refractivity contribution in [2.75, 3.05) is 6.54 Å². The lowest BCUT2D eigenvalue weighted by atomic mass is 9.89. The molecule has 0 radical (unpaired) electrons. The van der Waals surface area contributed by atoms with Gasteiger partial charge in [-0.3, -0.25) is 4.79 Å². The molecule has 2 atom stereocenters. The Bertz CT molecular complexity index is 461. The highest BCUT2D eigenvalue weighted by Crippen LogP contribution is 2.32. The predicted octanol–water partition coefficient (Wildman–Crippen LogP) is 2.03. The maximum atomic E-state index is 12.0. The fourth-order valence-electron chi connectivity index (χ4n) is 3.53. The van der Waals surface area contributed by atoms with E-state index >= 15 is 0 Å². The number of nitrogens with zero attached hydrogens (tertiary/aromatic N) is 1. The van der Waals surface area contributed by atoms with Gasteiger partial charge < -0.3 is 10.6 Å². The second kappa shape index (κ2) is 6.22. The Labute approximate surface area is 124 Å². The lowest BCUT2D eigenvalue weighted by Gasteiger charge is -2.28. The second-order valence-corrected chi connectivity index (χ2v) is 7.20. The summed E-state index contributed by atoms with van der Waals surface area (Å²) in [5.41, 5.74) is 1.09. The standard InChI is InChI=1S/C15H23N3OS/c1-10-17-14(9-20-10)4-5-16-15(19)8-11-6-12-2-3-13(7-11)18-12/h9,11-13,18H,2-8H2,1H3,(H,16,19). The zero-order valence-corrected chi connectivity index (χ0v) is 12.8. The van der Waals surface area contributed by atoms with Gasteiger partial charge in [0, 0.05) is 36.9 Å². The Balaban J connectivity index is 1.37. The Kier molecular flexibility index (Phi) is 4.36. The third-order valence-electron chi connectivity index (χ3n) is 4.41. The summed E-state index contributed by atoms with van der Waals surface area (Å²) in [4.78, 5) is 16.4. The number of fused-ring (bicyclic) bond motifs is 2. The van der Waals surface area contributed by atoms with Gasteiger partial charge in [-0.25, -0.2) is 4.98 Å². The molecule has 110 valence electrons.